The first kappa shape index (κ1) is 22.9. The van der Waals surface area contributed by atoms with Crippen molar-refractivity contribution in [3.05, 3.63) is 89.8 Å². The standard InChI is InChI=1S/C26H22N6O4/c1-15(32-25(34)20-6-4-5-7-21(20)26(32)35)24(33)30-18-8-10-19(11-9-18)36-23-14-22(28-16(2)29-23)31-13-12-27-17(31)3/h4-15H,1-3H3,(H,30,33). The Morgan fingerprint density at radius 1 is 0.972 bits per heavy atom. The fourth-order valence-electron chi connectivity index (χ4n) is 3.97. The molecule has 0 spiro atoms. The summed E-state index contributed by atoms with van der Waals surface area (Å²) in [5.74, 6) is 1.40. The average molecular weight is 483 g/mol. The number of benzene rings is 2. The molecule has 1 aliphatic rings. The first-order valence-corrected chi connectivity index (χ1v) is 11.2. The number of aromatic nitrogens is 4. The van der Waals surface area contributed by atoms with E-state index in [1.807, 2.05) is 11.5 Å². The number of hydrogen-bond donors (Lipinski definition) is 1. The zero-order chi connectivity index (χ0) is 25.4. The van der Waals surface area contributed by atoms with Gasteiger partial charge in [-0.25, -0.2) is 9.97 Å². The number of nitrogens with zero attached hydrogens (tertiary/aromatic N) is 5. The SMILES string of the molecule is Cc1nc(Oc2ccc(NC(=O)C(C)N3C(=O)c4ccccc4C3=O)cc2)cc(-n2ccnc2C)n1. The number of anilines is 1. The van der Waals surface area contributed by atoms with E-state index in [0.29, 0.717) is 40.1 Å². The van der Waals surface area contributed by atoms with Crippen LogP contribution in [0.5, 0.6) is 11.6 Å². The molecule has 1 aliphatic heterocycles. The Kier molecular flexibility index (Phi) is 5.77. The molecule has 0 fully saturated rings. The number of nitrogens with one attached hydrogen (secondary N) is 1. The third-order valence-electron chi connectivity index (χ3n) is 5.81. The van der Waals surface area contributed by atoms with E-state index < -0.39 is 23.8 Å². The van der Waals surface area contributed by atoms with Crippen molar-refractivity contribution in [3.8, 4) is 17.4 Å². The van der Waals surface area contributed by atoms with E-state index in [2.05, 4.69) is 20.3 Å². The minimum absolute atomic E-state index is 0.301. The van der Waals surface area contributed by atoms with Gasteiger partial charge in [-0.15, -0.1) is 0 Å². The lowest BCUT2D eigenvalue weighted by Gasteiger charge is -2.21. The second-order valence-corrected chi connectivity index (χ2v) is 8.27. The van der Waals surface area contributed by atoms with Gasteiger partial charge in [0.05, 0.1) is 11.1 Å². The molecule has 3 amide bonds. The Bertz CT molecular complexity index is 1460. The quantitative estimate of drug-likeness (QED) is 0.416. The molecule has 5 rings (SSSR count). The summed E-state index contributed by atoms with van der Waals surface area (Å²) in [7, 11) is 0. The Labute approximate surface area is 206 Å². The summed E-state index contributed by atoms with van der Waals surface area (Å²) in [5, 5.41) is 2.74. The maximum absolute atomic E-state index is 12.8. The van der Waals surface area contributed by atoms with Crippen LogP contribution >= 0.6 is 0 Å². The van der Waals surface area contributed by atoms with E-state index in [-0.39, 0.29) is 0 Å². The van der Waals surface area contributed by atoms with Crippen LogP contribution in [0.25, 0.3) is 5.82 Å². The lowest BCUT2D eigenvalue weighted by molar-refractivity contribution is -0.119. The van der Waals surface area contributed by atoms with Gasteiger partial charge in [-0.3, -0.25) is 23.9 Å². The minimum Gasteiger partial charge on any atom is -0.439 e. The van der Waals surface area contributed by atoms with Crippen molar-refractivity contribution >= 4 is 23.4 Å². The fraction of sp³-hybridized carbons (Fsp3) is 0.154. The fourth-order valence-corrected chi connectivity index (χ4v) is 3.97. The van der Waals surface area contributed by atoms with Crippen LogP contribution in [-0.2, 0) is 4.79 Å². The number of carbonyl (C=O) groups is 3. The van der Waals surface area contributed by atoms with Crippen LogP contribution in [0.1, 0.15) is 39.3 Å². The van der Waals surface area contributed by atoms with Crippen molar-refractivity contribution in [2.75, 3.05) is 5.32 Å². The van der Waals surface area contributed by atoms with Crippen LogP contribution in [0.2, 0.25) is 0 Å². The second-order valence-electron chi connectivity index (χ2n) is 8.27. The number of rotatable bonds is 6. The van der Waals surface area contributed by atoms with Gasteiger partial charge >= 0.3 is 0 Å². The van der Waals surface area contributed by atoms with Gasteiger partial charge < -0.3 is 10.1 Å². The van der Waals surface area contributed by atoms with Crippen LogP contribution in [0.3, 0.4) is 0 Å². The summed E-state index contributed by atoms with van der Waals surface area (Å²) >= 11 is 0. The lowest BCUT2D eigenvalue weighted by atomic mass is 10.1. The molecular weight excluding hydrogens is 460 g/mol. The molecule has 2 aromatic carbocycles. The monoisotopic (exact) mass is 482 g/mol. The number of carbonyl (C=O) groups excluding carboxylic acids is 3. The van der Waals surface area contributed by atoms with Crippen molar-refractivity contribution in [1.29, 1.82) is 0 Å². The van der Waals surface area contributed by atoms with Gasteiger partial charge in [0.25, 0.3) is 11.8 Å². The molecule has 0 radical (unpaired) electrons. The second kappa shape index (κ2) is 9.06. The molecular formula is C26H22N6O4. The highest BCUT2D eigenvalue weighted by Crippen LogP contribution is 2.26. The molecule has 1 N–H and O–H groups in total. The topological polar surface area (TPSA) is 119 Å². The van der Waals surface area contributed by atoms with Crippen LogP contribution in [0.4, 0.5) is 5.69 Å². The van der Waals surface area contributed by atoms with Crippen LogP contribution < -0.4 is 10.1 Å². The van der Waals surface area contributed by atoms with Crippen molar-refractivity contribution in [1.82, 2.24) is 24.4 Å². The van der Waals surface area contributed by atoms with Crippen LogP contribution in [-0.4, -0.2) is 48.2 Å². The number of imide groups is 1. The molecule has 36 heavy (non-hydrogen) atoms. The van der Waals surface area contributed by atoms with Crippen LogP contribution in [0.15, 0.2) is 67.0 Å². The largest absolute Gasteiger partial charge is 0.439 e. The summed E-state index contributed by atoms with van der Waals surface area (Å²) in [6, 6.07) is 13.9. The molecule has 180 valence electrons. The smallest absolute Gasteiger partial charge is 0.262 e. The lowest BCUT2D eigenvalue weighted by Crippen LogP contribution is -2.45. The highest BCUT2D eigenvalue weighted by molar-refractivity contribution is 6.23. The Morgan fingerprint density at radius 2 is 1.64 bits per heavy atom. The number of ether oxygens (including phenoxy) is 1. The van der Waals surface area contributed by atoms with Crippen molar-refractivity contribution in [3.63, 3.8) is 0 Å². The van der Waals surface area contributed by atoms with E-state index in [1.54, 1.807) is 73.9 Å². The maximum Gasteiger partial charge on any atom is 0.262 e. The molecule has 3 heterocycles. The summed E-state index contributed by atoms with van der Waals surface area (Å²) in [4.78, 5) is 52.1. The molecule has 10 nitrogen and oxygen atoms in total. The maximum atomic E-state index is 12.8. The van der Waals surface area contributed by atoms with Gasteiger partial charge in [-0.2, -0.15) is 4.98 Å². The number of imidazole rings is 1. The Balaban J connectivity index is 1.26. The number of amides is 3. The molecule has 0 aliphatic carbocycles. The van der Waals surface area contributed by atoms with Gasteiger partial charge in [0.2, 0.25) is 11.8 Å². The molecule has 10 heteroatoms. The number of aryl methyl sites for hydroxylation is 2. The van der Waals surface area contributed by atoms with Crippen LogP contribution in [0, 0.1) is 13.8 Å². The van der Waals surface area contributed by atoms with Gasteiger partial charge in [-0.05, 0) is 57.2 Å². The number of fused-ring (bicyclic) bond motifs is 1. The third-order valence-corrected chi connectivity index (χ3v) is 5.81. The minimum atomic E-state index is -0.984. The first-order chi connectivity index (χ1) is 17.3. The molecule has 2 aromatic heterocycles. The van der Waals surface area contributed by atoms with Gasteiger partial charge in [0.1, 0.15) is 29.3 Å². The number of hydrogen-bond acceptors (Lipinski definition) is 7. The van der Waals surface area contributed by atoms with Gasteiger partial charge in [0.15, 0.2) is 0 Å². The highest BCUT2D eigenvalue weighted by atomic mass is 16.5. The highest BCUT2D eigenvalue weighted by Gasteiger charge is 2.40. The molecule has 4 aromatic rings. The van der Waals surface area contributed by atoms with E-state index >= 15 is 0 Å². The predicted octanol–water partition coefficient (Wildman–Crippen LogP) is 3.69. The summed E-state index contributed by atoms with van der Waals surface area (Å²) in [5.41, 5.74) is 1.09. The van der Waals surface area contributed by atoms with E-state index in [4.69, 9.17) is 4.74 Å². The van der Waals surface area contributed by atoms with E-state index in [0.717, 1.165) is 10.7 Å². The summed E-state index contributed by atoms with van der Waals surface area (Å²) in [6.07, 6.45) is 3.50. The van der Waals surface area contributed by atoms with Crippen molar-refractivity contribution in [2.24, 2.45) is 0 Å². The van der Waals surface area contributed by atoms with Crippen molar-refractivity contribution in [2.45, 2.75) is 26.8 Å². The van der Waals surface area contributed by atoms with Gasteiger partial charge in [0, 0.05) is 24.1 Å². The molecule has 1 unspecified atom stereocenters. The summed E-state index contributed by atoms with van der Waals surface area (Å²) < 4.78 is 7.72. The molecule has 0 saturated carbocycles. The van der Waals surface area contributed by atoms with Gasteiger partial charge in [-0.1, -0.05) is 12.1 Å². The molecule has 0 bridgehead atoms. The Morgan fingerprint density at radius 3 is 2.25 bits per heavy atom. The molecule has 1 atom stereocenters. The average Bonchev–Trinajstić information content (AvgIpc) is 3.40. The predicted molar refractivity (Wildman–Crippen MR) is 130 cm³/mol. The normalized spacial score (nSPS) is 13.5. The zero-order valence-corrected chi connectivity index (χ0v) is 19.8. The third kappa shape index (κ3) is 4.20. The molecule has 0 saturated heterocycles. The van der Waals surface area contributed by atoms with E-state index in [1.165, 1.54) is 6.92 Å². The summed E-state index contributed by atoms with van der Waals surface area (Å²) in [6.45, 7) is 5.17. The Hall–Kier alpha value is -4.86. The van der Waals surface area contributed by atoms with E-state index in [9.17, 15) is 14.4 Å². The van der Waals surface area contributed by atoms with Crippen molar-refractivity contribution < 1.29 is 19.1 Å². The zero-order valence-electron chi connectivity index (χ0n) is 19.8. The first-order valence-electron chi connectivity index (χ1n) is 11.2.